The second kappa shape index (κ2) is 7.35. The summed E-state index contributed by atoms with van der Waals surface area (Å²) in [5.41, 5.74) is 0.595. The van der Waals surface area contributed by atoms with E-state index in [2.05, 4.69) is 10.4 Å². The van der Waals surface area contributed by atoms with E-state index < -0.39 is 0 Å². The van der Waals surface area contributed by atoms with Crippen LogP contribution in [0.25, 0.3) is 11.4 Å². The van der Waals surface area contributed by atoms with Gasteiger partial charge in [0.2, 0.25) is 0 Å². The molecule has 0 unspecified atom stereocenters. The van der Waals surface area contributed by atoms with E-state index in [9.17, 15) is 9.59 Å². The van der Waals surface area contributed by atoms with Gasteiger partial charge in [-0.25, -0.2) is 9.48 Å². The van der Waals surface area contributed by atoms with E-state index in [-0.39, 0.29) is 11.6 Å². The molecule has 3 rings (SSSR count). The van der Waals surface area contributed by atoms with Crippen molar-refractivity contribution >= 4 is 17.2 Å². The average Bonchev–Trinajstić information content (AvgIpc) is 3.26. The van der Waals surface area contributed by atoms with Crippen molar-refractivity contribution in [2.45, 2.75) is 6.54 Å². The molecule has 7 nitrogen and oxygen atoms in total. The van der Waals surface area contributed by atoms with Crippen molar-refractivity contribution in [1.82, 2.24) is 19.7 Å². The first-order valence-electron chi connectivity index (χ1n) is 7.70. The van der Waals surface area contributed by atoms with Gasteiger partial charge in [0.1, 0.15) is 5.75 Å². The summed E-state index contributed by atoms with van der Waals surface area (Å²) >= 11 is 1.38. The molecule has 3 aromatic rings. The van der Waals surface area contributed by atoms with Crippen LogP contribution in [0.5, 0.6) is 5.75 Å². The zero-order valence-corrected chi connectivity index (χ0v) is 14.7. The summed E-state index contributed by atoms with van der Waals surface area (Å²) in [6.45, 7) is 0.635. The van der Waals surface area contributed by atoms with Gasteiger partial charge in [-0.2, -0.15) is 0 Å². The lowest BCUT2D eigenvalue weighted by atomic mass is 10.2. The first-order chi connectivity index (χ1) is 12.1. The van der Waals surface area contributed by atoms with Crippen LogP contribution in [0.4, 0.5) is 0 Å². The molecule has 0 radical (unpaired) electrons. The second-order valence-corrected chi connectivity index (χ2v) is 6.30. The first kappa shape index (κ1) is 17.0. The van der Waals surface area contributed by atoms with Crippen LogP contribution in [-0.2, 0) is 13.6 Å². The number of thiophene rings is 1. The molecule has 0 bridgehead atoms. The quantitative estimate of drug-likeness (QED) is 0.728. The first-order valence-corrected chi connectivity index (χ1v) is 8.58. The van der Waals surface area contributed by atoms with Crippen molar-refractivity contribution in [3.63, 3.8) is 0 Å². The highest BCUT2D eigenvalue weighted by atomic mass is 32.1. The van der Waals surface area contributed by atoms with Crippen LogP contribution in [0.3, 0.4) is 0 Å². The van der Waals surface area contributed by atoms with Crippen LogP contribution in [0.15, 0.2) is 46.6 Å². The minimum Gasteiger partial charge on any atom is -0.497 e. The van der Waals surface area contributed by atoms with Crippen LogP contribution >= 0.6 is 11.3 Å². The van der Waals surface area contributed by atoms with Crippen LogP contribution in [-0.4, -0.2) is 33.9 Å². The van der Waals surface area contributed by atoms with Gasteiger partial charge >= 0.3 is 5.69 Å². The number of hydrogen-bond donors (Lipinski definition) is 1. The number of ether oxygens (including phenoxy) is 1. The van der Waals surface area contributed by atoms with Gasteiger partial charge in [-0.1, -0.05) is 6.07 Å². The molecule has 1 aromatic carbocycles. The Kier molecular flexibility index (Phi) is 4.99. The zero-order valence-electron chi connectivity index (χ0n) is 13.9. The van der Waals surface area contributed by atoms with Gasteiger partial charge in [0, 0.05) is 19.2 Å². The summed E-state index contributed by atoms with van der Waals surface area (Å²) in [7, 11) is 3.28. The Hall–Kier alpha value is -2.87. The Morgan fingerprint density at radius 3 is 2.68 bits per heavy atom. The third-order valence-electron chi connectivity index (χ3n) is 3.74. The van der Waals surface area contributed by atoms with Gasteiger partial charge in [0.05, 0.1) is 18.5 Å². The molecule has 8 heteroatoms. The van der Waals surface area contributed by atoms with Gasteiger partial charge < -0.3 is 10.1 Å². The molecular weight excluding hydrogens is 340 g/mol. The predicted octanol–water partition coefficient (Wildman–Crippen LogP) is 1.75. The number of aromatic nitrogens is 3. The maximum absolute atomic E-state index is 12.3. The molecule has 0 fully saturated rings. The van der Waals surface area contributed by atoms with E-state index in [4.69, 9.17) is 4.74 Å². The monoisotopic (exact) mass is 358 g/mol. The lowest BCUT2D eigenvalue weighted by molar-refractivity contribution is 0.0956. The molecule has 1 N–H and O–H groups in total. The van der Waals surface area contributed by atoms with Crippen molar-refractivity contribution in [2.24, 2.45) is 7.05 Å². The number of rotatable bonds is 6. The van der Waals surface area contributed by atoms with E-state index >= 15 is 0 Å². The molecule has 25 heavy (non-hydrogen) atoms. The minimum absolute atomic E-state index is 0.144. The molecule has 2 aromatic heterocycles. The number of nitrogens with one attached hydrogen (secondary N) is 1. The summed E-state index contributed by atoms with van der Waals surface area (Å²) in [4.78, 5) is 24.9. The molecule has 0 aliphatic rings. The smallest absolute Gasteiger partial charge is 0.345 e. The number of carbonyl (C=O) groups is 1. The van der Waals surface area contributed by atoms with Crippen molar-refractivity contribution in [3.05, 3.63) is 57.1 Å². The Morgan fingerprint density at radius 1 is 1.28 bits per heavy atom. The van der Waals surface area contributed by atoms with Gasteiger partial charge in [0.25, 0.3) is 5.91 Å². The standard InChI is InChI=1S/C17H18N4O3S/c1-20-15(12-5-7-13(24-2)8-6-12)19-21(17(20)23)10-9-18-16(22)14-4-3-11-25-14/h3-8,11H,9-10H2,1-2H3,(H,18,22). The van der Waals surface area contributed by atoms with Crippen LogP contribution in [0.1, 0.15) is 9.67 Å². The summed E-state index contributed by atoms with van der Waals surface area (Å²) in [6, 6.07) is 10.9. The van der Waals surface area contributed by atoms with Crippen LogP contribution in [0.2, 0.25) is 0 Å². The third kappa shape index (κ3) is 3.63. The maximum atomic E-state index is 12.3. The van der Waals surface area contributed by atoms with Crippen molar-refractivity contribution in [2.75, 3.05) is 13.7 Å². The topological polar surface area (TPSA) is 78.2 Å². The number of hydrogen-bond acceptors (Lipinski definition) is 5. The molecule has 130 valence electrons. The van der Waals surface area contributed by atoms with E-state index in [1.807, 2.05) is 35.7 Å². The van der Waals surface area contributed by atoms with Crippen LogP contribution < -0.4 is 15.7 Å². The summed E-state index contributed by atoms with van der Waals surface area (Å²) in [6.07, 6.45) is 0. The van der Waals surface area contributed by atoms with Crippen molar-refractivity contribution in [1.29, 1.82) is 0 Å². The number of carbonyl (C=O) groups excluding carboxylic acids is 1. The largest absolute Gasteiger partial charge is 0.497 e. The van der Waals surface area contributed by atoms with Gasteiger partial charge in [-0.15, -0.1) is 16.4 Å². The Bertz CT molecular complexity index is 911. The Labute approximate surface area is 148 Å². The number of nitrogens with zero attached hydrogens (tertiary/aromatic N) is 3. The highest BCUT2D eigenvalue weighted by Gasteiger charge is 2.13. The highest BCUT2D eigenvalue weighted by Crippen LogP contribution is 2.19. The lowest BCUT2D eigenvalue weighted by Gasteiger charge is -2.03. The number of methoxy groups -OCH3 is 1. The fourth-order valence-corrected chi connectivity index (χ4v) is 3.04. The fourth-order valence-electron chi connectivity index (χ4n) is 2.40. The van der Waals surface area contributed by atoms with Gasteiger partial charge in [-0.3, -0.25) is 9.36 Å². The predicted molar refractivity (Wildman–Crippen MR) is 96.1 cm³/mol. The number of benzene rings is 1. The third-order valence-corrected chi connectivity index (χ3v) is 4.61. The fraction of sp³-hybridized carbons (Fsp3) is 0.235. The average molecular weight is 358 g/mol. The molecule has 0 saturated heterocycles. The minimum atomic E-state index is -0.226. The molecule has 0 atom stereocenters. The van der Waals surface area contributed by atoms with Crippen molar-refractivity contribution in [3.8, 4) is 17.1 Å². The molecule has 0 spiro atoms. The van der Waals surface area contributed by atoms with E-state index in [1.165, 1.54) is 20.6 Å². The summed E-state index contributed by atoms with van der Waals surface area (Å²) < 4.78 is 7.98. The SMILES string of the molecule is COc1ccc(-c2nn(CCNC(=O)c3cccs3)c(=O)n2C)cc1. The highest BCUT2D eigenvalue weighted by molar-refractivity contribution is 7.12. The zero-order chi connectivity index (χ0) is 17.8. The molecule has 2 heterocycles. The summed E-state index contributed by atoms with van der Waals surface area (Å²) in [5.74, 6) is 1.16. The summed E-state index contributed by atoms with van der Waals surface area (Å²) in [5, 5.41) is 9.01. The molecule has 0 saturated carbocycles. The van der Waals surface area contributed by atoms with Gasteiger partial charge in [0.15, 0.2) is 5.82 Å². The second-order valence-electron chi connectivity index (χ2n) is 5.35. The lowest BCUT2D eigenvalue weighted by Crippen LogP contribution is -2.31. The Balaban J connectivity index is 1.70. The van der Waals surface area contributed by atoms with Crippen LogP contribution in [0, 0.1) is 0 Å². The van der Waals surface area contributed by atoms with E-state index in [0.29, 0.717) is 23.8 Å². The normalized spacial score (nSPS) is 10.6. The van der Waals surface area contributed by atoms with E-state index in [1.54, 1.807) is 20.2 Å². The molecule has 0 aliphatic heterocycles. The Morgan fingerprint density at radius 2 is 2.04 bits per heavy atom. The molecule has 0 aliphatic carbocycles. The molecular formula is C17H18N4O3S. The van der Waals surface area contributed by atoms with Crippen molar-refractivity contribution < 1.29 is 9.53 Å². The molecule has 1 amide bonds. The maximum Gasteiger partial charge on any atom is 0.345 e. The van der Waals surface area contributed by atoms with E-state index in [0.717, 1.165) is 11.3 Å². The number of amides is 1. The van der Waals surface area contributed by atoms with Gasteiger partial charge in [-0.05, 0) is 35.7 Å².